The van der Waals surface area contributed by atoms with Crippen LogP contribution in [0, 0.1) is 0 Å². The molecule has 13 heavy (non-hydrogen) atoms. The molecule has 0 radical (unpaired) electrons. The van der Waals surface area contributed by atoms with Crippen LogP contribution in [-0.2, 0) is 22.8 Å². The number of fused-ring (bicyclic) bond motifs is 1. The van der Waals surface area contributed by atoms with Crippen LogP contribution < -0.4 is 5.73 Å². The molecular weight excluding hydrogens is 186 g/mol. The zero-order valence-electron chi connectivity index (χ0n) is 7.16. The van der Waals surface area contributed by atoms with E-state index in [1.54, 1.807) is 6.07 Å². The second-order valence-corrected chi connectivity index (χ2v) is 5.29. The van der Waals surface area contributed by atoms with Crippen LogP contribution in [0.25, 0.3) is 0 Å². The summed E-state index contributed by atoms with van der Waals surface area (Å²) >= 11 is 0. The van der Waals surface area contributed by atoms with E-state index in [1.807, 2.05) is 12.1 Å². The van der Waals surface area contributed by atoms with Crippen LogP contribution in [0.4, 0.5) is 0 Å². The Labute approximate surface area is 77.5 Å². The van der Waals surface area contributed by atoms with E-state index in [4.69, 9.17) is 5.73 Å². The minimum Gasteiger partial charge on any atom is -0.326 e. The van der Waals surface area contributed by atoms with Crippen LogP contribution >= 0.6 is 0 Å². The second kappa shape index (κ2) is 2.82. The minimum absolute atomic E-state index is 0.246. The van der Waals surface area contributed by atoms with Gasteiger partial charge in [0, 0.05) is 6.54 Å². The predicted octanol–water partition coefficient (Wildman–Crippen LogP) is 0.475. The summed E-state index contributed by atoms with van der Waals surface area (Å²) in [6.45, 7) is 0.392. The molecule has 1 aromatic rings. The van der Waals surface area contributed by atoms with Gasteiger partial charge in [0.15, 0.2) is 9.84 Å². The molecule has 0 aromatic heterocycles. The fraction of sp³-hybridized carbons (Fsp3) is 0.333. The summed E-state index contributed by atoms with van der Waals surface area (Å²) in [6.07, 6.45) is 0.641. The maximum atomic E-state index is 11.5. The molecule has 0 unspecified atom stereocenters. The smallest absolute Gasteiger partial charge is 0.178 e. The Balaban J connectivity index is 2.63. The van der Waals surface area contributed by atoms with Crippen molar-refractivity contribution >= 4 is 9.84 Å². The lowest BCUT2D eigenvalue weighted by molar-refractivity contribution is 0.600. The zero-order chi connectivity index (χ0) is 9.47. The number of hydrogen-bond donors (Lipinski definition) is 1. The van der Waals surface area contributed by atoms with Crippen LogP contribution in [0.1, 0.15) is 11.1 Å². The second-order valence-electron chi connectivity index (χ2n) is 3.22. The number of aryl methyl sites for hydroxylation is 1. The van der Waals surface area contributed by atoms with Crippen molar-refractivity contribution in [1.29, 1.82) is 0 Å². The summed E-state index contributed by atoms with van der Waals surface area (Å²) in [5, 5.41) is 0. The fourth-order valence-electron chi connectivity index (χ4n) is 1.58. The van der Waals surface area contributed by atoms with Crippen molar-refractivity contribution < 1.29 is 8.42 Å². The first-order chi connectivity index (χ1) is 6.13. The van der Waals surface area contributed by atoms with Gasteiger partial charge in [-0.25, -0.2) is 8.42 Å². The summed E-state index contributed by atoms with van der Waals surface area (Å²) in [4.78, 5) is 0.482. The van der Waals surface area contributed by atoms with Crippen LogP contribution in [-0.4, -0.2) is 14.2 Å². The van der Waals surface area contributed by atoms with Crippen molar-refractivity contribution in [3.05, 3.63) is 29.3 Å². The first-order valence-corrected chi connectivity index (χ1v) is 5.83. The van der Waals surface area contributed by atoms with Gasteiger partial charge in [-0.2, -0.15) is 0 Å². The first kappa shape index (κ1) is 8.72. The summed E-state index contributed by atoms with van der Waals surface area (Å²) in [5.41, 5.74) is 7.24. The summed E-state index contributed by atoms with van der Waals surface area (Å²) in [6, 6.07) is 5.44. The maximum absolute atomic E-state index is 11.5. The molecule has 0 aliphatic carbocycles. The highest BCUT2D eigenvalue weighted by atomic mass is 32.2. The van der Waals surface area contributed by atoms with Gasteiger partial charge in [-0.15, -0.1) is 0 Å². The van der Waals surface area contributed by atoms with Gasteiger partial charge in [0.2, 0.25) is 0 Å². The SMILES string of the molecule is NCc1ccc2c(c1)S(=O)(=O)CC2. The van der Waals surface area contributed by atoms with Crippen molar-refractivity contribution in [3.63, 3.8) is 0 Å². The molecular formula is C9H11NO2S. The van der Waals surface area contributed by atoms with E-state index in [9.17, 15) is 8.42 Å². The number of rotatable bonds is 1. The van der Waals surface area contributed by atoms with E-state index in [-0.39, 0.29) is 5.75 Å². The first-order valence-electron chi connectivity index (χ1n) is 4.18. The molecule has 0 bridgehead atoms. The Morgan fingerprint density at radius 2 is 2.15 bits per heavy atom. The standard InChI is InChI=1S/C9H11NO2S/c10-6-7-1-2-8-3-4-13(11,12)9(8)5-7/h1-2,5H,3-4,6,10H2. The molecule has 1 aliphatic rings. The Hall–Kier alpha value is -0.870. The van der Waals surface area contributed by atoms with E-state index < -0.39 is 9.84 Å². The van der Waals surface area contributed by atoms with Gasteiger partial charge in [-0.3, -0.25) is 0 Å². The number of sulfone groups is 1. The van der Waals surface area contributed by atoms with Gasteiger partial charge < -0.3 is 5.73 Å². The molecule has 2 rings (SSSR count). The predicted molar refractivity (Wildman–Crippen MR) is 50.1 cm³/mol. The van der Waals surface area contributed by atoms with Crippen LogP contribution in [0.5, 0.6) is 0 Å². The summed E-state index contributed by atoms with van der Waals surface area (Å²) in [5.74, 6) is 0.246. The number of nitrogens with two attached hydrogens (primary N) is 1. The molecule has 0 fully saturated rings. The lowest BCUT2D eigenvalue weighted by Gasteiger charge is -2.00. The monoisotopic (exact) mass is 197 g/mol. The molecule has 0 saturated carbocycles. The topological polar surface area (TPSA) is 60.2 Å². The zero-order valence-corrected chi connectivity index (χ0v) is 7.97. The molecule has 0 saturated heterocycles. The summed E-state index contributed by atoms with van der Waals surface area (Å²) < 4.78 is 23.0. The molecule has 1 aliphatic heterocycles. The Morgan fingerprint density at radius 3 is 2.85 bits per heavy atom. The van der Waals surface area contributed by atoms with E-state index in [0.29, 0.717) is 17.9 Å². The highest BCUT2D eigenvalue weighted by Crippen LogP contribution is 2.26. The highest BCUT2D eigenvalue weighted by molar-refractivity contribution is 7.91. The average Bonchev–Trinajstić information content (AvgIpc) is 2.42. The Kier molecular flexibility index (Phi) is 1.89. The Morgan fingerprint density at radius 1 is 1.38 bits per heavy atom. The maximum Gasteiger partial charge on any atom is 0.178 e. The van der Waals surface area contributed by atoms with Crippen molar-refractivity contribution in [1.82, 2.24) is 0 Å². The molecule has 1 heterocycles. The quantitative estimate of drug-likeness (QED) is 0.712. The normalized spacial score (nSPS) is 18.5. The van der Waals surface area contributed by atoms with Gasteiger partial charge in [0.25, 0.3) is 0 Å². The van der Waals surface area contributed by atoms with Crippen molar-refractivity contribution in [2.75, 3.05) is 5.75 Å². The molecule has 3 nitrogen and oxygen atoms in total. The molecule has 0 amide bonds. The number of benzene rings is 1. The van der Waals surface area contributed by atoms with Crippen LogP contribution in [0.15, 0.2) is 23.1 Å². The van der Waals surface area contributed by atoms with Crippen LogP contribution in [0.2, 0.25) is 0 Å². The van der Waals surface area contributed by atoms with Gasteiger partial charge in [-0.05, 0) is 23.6 Å². The van der Waals surface area contributed by atoms with Crippen LogP contribution in [0.3, 0.4) is 0 Å². The number of hydrogen-bond acceptors (Lipinski definition) is 3. The minimum atomic E-state index is -2.99. The van der Waals surface area contributed by atoms with Crippen molar-refractivity contribution in [3.8, 4) is 0 Å². The van der Waals surface area contributed by atoms with E-state index in [1.165, 1.54) is 0 Å². The van der Waals surface area contributed by atoms with E-state index in [0.717, 1.165) is 11.1 Å². The lowest BCUT2D eigenvalue weighted by Crippen LogP contribution is -2.01. The van der Waals surface area contributed by atoms with Crippen molar-refractivity contribution in [2.24, 2.45) is 5.73 Å². The molecule has 0 spiro atoms. The van der Waals surface area contributed by atoms with E-state index in [2.05, 4.69) is 0 Å². The molecule has 1 aromatic carbocycles. The fourth-order valence-corrected chi connectivity index (χ4v) is 3.19. The van der Waals surface area contributed by atoms with Gasteiger partial charge in [0.1, 0.15) is 0 Å². The van der Waals surface area contributed by atoms with Gasteiger partial charge in [-0.1, -0.05) is 12.1 Å². The molecule has 4 heteroatoms. The van der Waals surface area contributed by atoms with Gasteiger partial charge in [0.05, 0.1) is 10.6 Å². The third-order valence-electron chi connectivity index (χ3n) is 2.34. The average molecular weight is 197 g/mol. The lowest BCUT2D eigenvalue weighted by atomic mass is 10.1. The third-order valence-corrected chi connectivity index (χ3v) is 4.13. The largest absolute Gasteiger partial charge is 0.326 e. The molecule has 70 valence electrons. The van der Waals surface area contributed by atoms with Gasteiger partial charge >= 0.3 is 0 Å². The van der Waals surface area contributed by atoms with Crippen molar-refractivity contribution in [2.45, 2.75) is 17.9 Å². The molecule has 2 N–H and O–H groups in total. The Bertz CT molecular complexity index is 437. The third kappa shape index (κ3) is 1.36. The highest BCUT2D eigenvalue weighted by Gasteiger charge is 2.25. The summed E-state index contributed by atoms with van der Waals surface area (Å²) in [7, 11) is -2.99. The molecule has 0 atom stereocenters. The van der Waals surface area contributed by atoms with E-state index >= 15 is 0 Å².